The molecule has 1 atom stereocenters. The summed E-state index contributed by atoms with van der Waals surface area (Å²) < 4.78 is 14.3. The van der Waals surface area contributed by atoms with Gasteiger partial charge in [0.2, 0.25) is 0 Å². The molecule has 1 nitrogen and oxygen atoms in total. The van der Waals surface area contributed by atoms with E-state index in [1.54, 1.807) is 12.1 Å². The summed E-state index contributed by atoms with van der Waals surface area (Å²) in [5.74, 6) is -0.142. The molecule has 120 valence electrons. The van der Waals surface area contributed by atoms with Crippen LogP contribution in [0.3, 0.4) is 0 Å². The Morgan fingerprint density at radius 3 is 2.43 bits per heavy atom. The van der Waals surface area contributed by atoms with Crippen LogP contribution in [-0.4, -0.2) is 6.54 Å². The lowest BCUT2D eigenvalue weighted by atomic mass is 9.99. The van der Waals surface area contributed by atoms with E-state index in [1.807, 2.05) is 6.07 Å². The Hall–Kier alpha value is -0.160. The molecule has 1 aromatic rings. The molecule has 0 heterocycles. The first kappa shape index (κ1) is 18.9. The predicted molar refractivity (Wildman–Crippen MR) is 98.1 cm³/mol. The van der Waals surface area contributed by atoms with Crippen LogP contribution in [0.15, 0.2) is 18.2 Å². The lowest BCUT2D eigenvalue weighted by Gasteiger charge is -2.20. The topological polar surface area (TPSA) is 12.0 Å². The molecule has 21 heavy (non-hydrogen) atoms. The normalized spacial score (nSPS) is 12.6. The van der Waals surface area contributed by atoms with Crippen molar-refractivity contribution >= 4 is 22.6 Å². The highest BCUT2D eigenvalue weighted by molar-refractivity contribution is 14.1. The second kappa shape index (κ2) is 11.4. The lowest BCUT2D eigenvalue weighted by Crippen LogP contribution is -2.23. The van der Waals surface area contributed by atoms with Crippen LogP contribution >= 0.6 is 22.6 Å². The van der Waals surface area contributed by atoms with E-state index in [9.17, 15) is 4.39 Å². The average molecular weight is 405 g/mol. The highest BCUT2D eigenvalue weighted by Crippen LogP contribution is 2.25. The van der Waals surface area contributed by atoms with Crippen molar-refractivity contribution in [1.29, 1.82) is 0 Å². The summed E-state index contributed by atoms with van der Waals surface area (Å²) in [5, 5.41) is 3.62. The van der Waals surface area contributed by atoms with Gasteiger partial charge in [0.1, 0.15) is 5.82 Å². The van der Waals surface area contributed by atoms with Crippen LogP contribution in [0.4, 0.5) is 4.39 Å². The van der Waals surface area contributed by atoms with Crippen LogP contribution in [0.25, 0.3) is 0 Å². The van der Waals surface area contributed by atoms with Crippen LogP contribution in [0.2, 0.25) is 0 Å². The second-order valence-corrected chi connectivity index (χ2v) is 6.89. The van der Waals surface area contributed by atoms with Crippen LogP contribution in [0, 0.1) is 9.39 Å². The van der Waals surface area contributed by atoms with Crippen molar-refractivity contribution in [3.8, 4) is 0 Å². The quantitative estimate of drug-likeness (QED) is 0.340. The van der Waals surface area contributed by atoms with Gasteiger partial charge < -0.3 is 5.32 Å². The third-order valence-electron chi connectivity index (χ3n) is 3.83. The minimum atomic E-state index is -0.142. The summed E-state index contributed by atoms with van der Waals surface area (Å²) in [6, 6.07) is 5.53. The first-order valence-electron chi connectivity index (χ1n) is 8.37. The maximum absolute atomic E-state index is 13.3. The zero-order valence-electron chi connectivity index (χ0n) is 13.4. The first-order chi connectivity index (χ1) is 10.2. The Morgan fingerprint density at radius 1 is 1.05 bits per heavy atom. The van der Waals surface area contributed by atoms with E-state index in [0.717, 1.165) is 23.0 Å². The van der Waals surface area contributed by atoms with E-state index in [0.29, 0.717) is 6.04 Å². The van der Waals surface area contributed by atoms with E-state index >= 15 is 0 Å². The molecule has 0 aliphatic heterocycles. The monoisotopic (exact) mass is 405 g/mol. The number of nitrogens with one attached hydrogen (secondary N) is 1. The van der Waals surface area contributed by atoms with Crippen molar-refractivity contribution in [1.82, 2.24) is 5.32 Å². The summed E-state index contributed by atoms with van der Waals surface area (Å²) in [7, 11) is 0. The van der Waals surface area contributed by atoms with Gasteiger partial charge in [0.25, 0.3) is 0 Å². The van der Waals surface area contributed by atoms with Gasteiger partial charge in [0, 0.05) is 9.61 Å². The fourth-order valence-electron chi connectivity index (χ4n) is 2.60. The number of hydrogen-bond donors (Lipinski definition) is 1. The first-order valence-corrected chi connectivity index (χ1v) is 9.45. The van der Waals surface area contributed by atoms with Gasteiger partial charge in [-0.3, -0.25) is 0 Å². The van der Waals surface area contributed by atoms with Gasteiger partial charge in [-0.05, 0) is 59.7 Å². The van der Waals surface area contributed by atoms with E-state index in [1.165, 1.54) is 44.1 Å². The van der Waals surface area contributed by atoms with E-state index in [-0.39, 0.29) is 5.82 Å². The number of halogens is 2. The number of hydrogen-bond acceptors (Lipinski definition) is 1. The fraction of sp³-hybridized carbons (Fsp3) is 0.667. The summed E-state index contributed by atoms with van der Waals surface area (Å²) in [4.78, 5) is 0. The molecule has 1 unspecified atom stereocenters. The second-order valence-electron chi connectivity index (χ2n) is 5.73. The Morgan fingerprint density at radius 2 is 1.76 bits per heavy atom. The zero-order valence-corrected chi connectivity index (χ0v) is 15.6. The molecule has 0 bridgehead atoms. The van der Waals surface area contributed by atoms with Gasteiger partial charge in [-0.25, -0.2) is 4.39 Å². The third kappa shape index (κ3) is 7.59. The molecular weight excluding hydrogens is 376 g/mol. The molecule has 3 heteroatoms. The molecule has 0 aromatic heterocycles. The van der Waals surface area contributed by atoms with Crippen LogP contribution < -0.4 is 5.32 Å². The van der Waals surface area contributed by atoms with Crippen molar-refractivity contribution in [2.45, 2.75) is 71.3 Å². The molecule has 1 rings (SSSR count). The molecule has 0 amide bonds. The maximum atomic E-state index is 13.3. The highest BCUT2D eigenvalue weighted by Gasteiger charge is 2.14. The summed E-state index contributed by atoms with van der Waals surface area (Å²) in [5.41, 5.74) is 1.25. The molecule has 0 radical (unpaired) electrons. The van der Waals surface area contributed by atoms with Crippen molar-refractivity contribution in [3.63, 3.8) is 0 Å². The standard InChI is InChI=1S/C18H29FIN/c1-3-5-6-7-8-9-10-18(21-13-4-2)16-12-11-15(19)14-17(16)20/h11-12,14,18,21H,3-10,13H2,1-2H3. The Kier molecular flexibility index (Phi) is 10.3. The summed E-state index contributed by atoms with van der Waals surface area (Å²) in [6.45, 7) is 5.46. The molecule has 1 aromatic carbocycles. The summed E-state index contributed by atoms with van der Waals surface area (Å²) >= 11 is 2.25. The van der Waals surface area contributed by atoms with Crippen molar-refractivity contribution < 1.29 is 4.39 Å². The minimum Gasteiger partial charge on any atom is -0.310 e. The van der Waals surface area contributed by atoms with Gasteiger partial charge in [-0.1, -0.05) is 58.4 Å². The van der Waals surface area contributed by atoms with Gasteiger partial charge in [0.15, 0.2) is 0 Å². The minimum absolute atomic E-state index is 0.142. The molecule has 0 fully saturated rings. The molecule has 0 aliphatic rings. The van der Waals surface area contributed by atoms with E-state index < -0.39 is 0 Å². The largest absolute Gasteiger partial charge is 0.310 e. The Balaban J connectivity index is 2.50. The van der Waals surface area contributed by atoms with Gasteiger partial charge >= 0.3 is 0 Å². The van der Waals surface area contributed by atoms with E-state index in [2.05, 4.69) is 41.8 Å². The molecule has 0 spiro atoms. The molecule has 0 saturated carbocycles. The SMILES string of the molecule is CCCCCCCCC(NCCC)c1ccc(F)cc1I. The predicted octanol–water partition coefficient (Wildman–Crippen LogP) is 6.22. The van der Waals surface area contributed by atoms with Crippen LogP contribution in [0.1, 0.15) is 76.8 Å². The zero-order chi connectivity index (χ0) is 15.5. The fourth-order valence-corrected chi connectivity index (χ4v) is 3.45. The molecule has 1 N–H and O–H groups in total. The van der Waals surface area contributed by atoms with Crippen molar-refractivity contribution in [2.24, 2.45) is 0 Å². The van der Waals surface area contributed by atoms with Gasteiger partial charge in [0.05, 0.1) is 0 Å². The maximum Gasteiger partial charge on any atom is 0.124 e. The Labute approximate surface area is 143 Å². The van der Waals surface area contributed by atoms with Crippen LogP contribution in [-0.2, 0) is 0 Å². The Bertz CT molecular complexity index is 395. The molecule has 0 aliphatic carbocycles. The summed E-state index contributed by atoms with van der Waals surface area (Å²) in [6.07, 6.45) is 10.2. The highest BCUT2D eigenvalue weighted by atomic mass is 127. The average Bonchev–Trinajstić information content (AvgIpc) is 2.46. The lowest BCUT2D eigenvalue weighted by molar-refractivity contribution is 0.464. The van der Waals surface area contributed by atoms with E-state index in [4.69, 9.17) is 0 Å². The van der Waals surface area contributed by atoms with Crippen molar-refractivity contribution in [2.75, 3.05) is 6.54 Å². The molecular formula is C18H29FIN. The third-order valence-corrected chi connectivity index (χ3v) is 4.76. The number of unbranched alkanes of at least 4 members (excludes halogenated alkanes) is 5. The van der Waals surface area contributed by atoms with Crippen molar-refractivity contribution in [3.05, 3.63) is 33.1 Å². The number of benzene rings is 1. The van der Waals surface area contributed by atoms with Gasteiger partial charge in [-0.15, -0.1) is 0 Å². The van der Waals surface area contributed by atoms with Crippen LogP contribution in [0.5, 0.6) is 0 Å². The smallest absolute Gasteiger partial charge is 0.124 e. The number of rotatable bonds is 11. The van der Waals surface area contributed by atoms with Gasteiger partial charge in [-0.2, -0.15) is 0 Å². The molecule has 0 saturated heterocycles.